The SMILES string of the molecule is CN1Cc2ccccc2N(CCC(=O)NN)C1=O. The van der Waals surface area contributed by atoms with Gasteiger partial charge in [0, 0.05) is 26.6 Å². The number of rotatable bonds is 3. The Hall–Kier alpha value is -2.08. The van der Waals surface area contributed by atoms with E-state index in [-0.39, 0.29) is 18.4 Å². The number of nitrogens with zero attached hydrogens (tertiary/aromatic N) is 2. The molecule has 1 aromatic carbocycles. The van der Waals surface area contributed by atoms with Gasteiger partial charge in [0.15, 0.2) is 0 Å². The molecule has 2 rings (SSSR count). The van der Waals surface area contributed by atoms with E-state index in [2.05, 4.69) is 5.43 Å². The van der Waals surface area contributed by atoms with Gasteiger partial charge in [-0.15, -0.1) is 0 Å². The smallest absolute Gasteiger partial charge is 0.323 e. The molecule has 1 heterocycles. The quantitative estimate of drug-likeness (QED) is 0.463. The number of para-hydroxylation sites is 1. The molecule has 96 valence electrons. The summed E-state index contributed by atoms with van der Waals surface area (Å²) in [4.78, 5) is 26.5. The van der Waals surface area contributed by atoms with Crippen LogP contribution in [0.15, 0.2) is 24.3 Å². The Kier molecular flexibility index (Phi) is 3.47. The van der Waals surface area contributed by atoms with Gasteiger partial charge in [0.1, 0.15) is 0 Å². The fourth-order valence-corrected chi connectivity index (χ4v) is 2.04. The summed E-state index contributed by atoms with van der Waals surface area (Å²) in [6.45, 7) is 0.914. The molecular formula is C12H16N4O2. The number of benzene rings is 1. The molecule has 1 aromatic rings. The van der Waals surface area contributed by atoms with E-state index in [1.807, 2.05) is 24.3 Å². The highest BCUT2D eigenvalue weighted by Crippen LogP contribution is 2.27. The second kappa shape index (κ2) is 5.05. The number of nitrogens with one attached hydrogen (secondary N) is 1. The molecule has 0 aliphatic carbocycles. The molecule has 0 spiro atoms. The Bertz CT molecular complexity index is 475. The molecule has 0 fully saturated rings. The van der Waals surface area contributed by atoms with Crippen molar-refractivity contribution in [3.8, 4) is 0 Å². The van der Waals surface area contributed by atoms with Gasteiger partial charge in [0.25, 0.3) is 0 Å². The number of carbonyl (C=O) groups is 2. The maximum absolute atomic E-state index is 12.1. The summed E-state index contributed by atoms with van der Waals surface area (Å²) in [5, 5.41) is 0. The number of urea groups is 1. The van der Waals surface area contributed by atoms with Gasteiger partial charge in [-0.1, -0.05) is 18.2 Å². The average Bonchev–Trinajstić information content (AvgIpc) is 2.39. The molecule has 0 atom stereocenters. The first-order valence-corrected chi connectivity index (χ1v) is 5.73. The molecule has 3 amide bonds. The number of amides is 3. The zero-order valence-corrected chi connectivity index (χ0v) is 10.2. The van der Waals surface area contributed by atoms with Gasteiger partial charge in [-0.3, -0.25) is 15.1 Å². The summed E-state index contributed by atoms with van der Waals surface area (Å²) in [5.74, 6) is 4.75. The van der Waals surface area contributed by atoms with Crippen molar-refractivity contribution in [2.45, 2.75) is 13.0 Å². The van der Waals surface area contributed by atoms with Gasteiger partial charge < -0.3 is 4.90 Å². The van der Waals surface area contributed by atoms with E-state index in [0.717, 1.165) is 11.3 Å². The summed E-state index contributed by atoms with van der Waals surface area (Å²) in [6, 6.07) is 7.59. The largest absolute Gasteiger partial charge is 0.324 e. The van der Waals surface area contributed by atoms with Crippen LogP contribution in [0.1, 0.15) is 12.0 Å². The van der Waals surface area contributed by atoms with Crippen LogP contribution in [0.2, 0.25) is 0 Å². The molecule has 6 nitrogen and oxygen atoms in total. The van der Waals surface area contributed by atoms with E-state index in [4.69, 9.17) is 5.84 Å². The summed E-state index contributed by atoms with van der Waals surface area (Å²) in [6.07, 6.45) is 0.185. The number of nitrogens with two attached hydrogens (primary N) is 1. The lowest BCUT2D eigenvalue weighted by Crippen LogP contribution is -2.46. The molecule has 1 aliphatic heterocycles. The van der Waals surface area contributed by atoms with E-state index in [1.54, 1.807) is 16.8 Å². The molecule has 18 heavy (non-hydrogen) atoms. The Morgan fingerprint density at radius 1 is 1.44 bits per heavy atom. The minimum absolute atomic E-state index is 0.0986. The van der Waals surface area contributed by atoms with Crippen molar-refractivity contribution in [1.29, 1.82) is 0 Å². The Balaban J connectivity index is 2.22. The number of hydrogen-bond donors (Lipinski definition) is 2. The fraction of sp³-hybridized carbons (Fsp3) is 0.333. The van der Waals surface area contributed by atoms with Crippen LogP contribution < -0.4 is 16.2 Å². The molecule has 0 radical (unpaired) electrons. The minimum Gasteiger partial charge on any atom is -0.323 e. The lowest BCUT2D eigenvalue weighted by Gasteiger charge is -2.35. The molecule has 6 heteroatoms. The van der Waals surface area contributed by atoms with Crippen molar-refractivity contribution in [3.63, 3.8) is 0 Å². The number of hydrazine groups is 1. The Morgan fingerprint density at radius 3 is 2.89 bits per heavy atom. The number of carbonyl (C=O) groups excluding carboxylic acids is 2. The van der Waals surface area contributed by atoms with Crippen LogP contribution >= 0.6 is 0 Å². The van der Waals surface area contributed by atoms with E-state index >= 15 is 0 Å². The van der Waals surface area contributed by atoms with E-state index in [0.29, 0.717) is 13.1 Å². The summed E-state index contributed by atoms with van der Waals surface area (Å²) < 4.78 is 0. The second-order valence-electron chi connectivity index (χ2n) is 4.24. The topological polar surface area (TPSA) is 78.7 Å². The predicted octanol–water partition coefficient (Wildman–Crippen LogP) is 0.438. The second-order valence-corrected chi connectivity index (χ2v) is 4.24. The van der Waals surface area contributed by atoms with Crippen molar-refractivity contribution >= 4 is 17.6 Å². The van der Waals surface area contributed by atoms with Gasteiger partial charge in [0.05, 0.1) is 5.69 Å². The molecule has 1 aliphatic rings. The van der Waals surface area contributed by atoms with Crippen LogP contribution in [0.3, 0.4) is 0 Å². The highest BCUT2D eigenvalue weighted by molar-refractivity contribution is 5.95. The lowest BCUT2D eigenvalue weighted by molar-refractivity contribution is -0.120. The molecule has 0 saturated heterocycles. The highest BCUT2D eigenvalue weighted by atomic mass is 16.2. The van der Waals surface area contributed by atoms with Crippen LogP contribution in [0.5, 0.6) is 0 Å². The number of anilines is 1. The lowest BCUT2D eigenvalue weighted by atomic mass is 10.1. The van der Waals surface area contributed by atoms with Crippen molar-refractivity contribution in [3.05, 3.63) is 29.8 Å². The van der Waals surface area contributed by atoms with Gasteiger partial charge in [-0.25, -0.2) is 10.6 Å². The Morgan fingerprint density at radius 2 is 2.17 bits per heavy atom. The standard InChI is InChI=1S/C12H16N4O2/c1-15-8-9-4-2-3-5-10(9)16(12(15)18)7-6-11(17)14-13/h2-5H,6-8,13H2,1H3,(H,14,17). The van der Waals surface area contributed by atoms with Crippen LogP contribution in [0.4, 0.5) is 10.5 Å². The first kappa shape index (κ1) is 12.4. The predicted molar refractivity (Wildman–Crippen MR) is 67.6 cm³/mol. The maximum Gasteiger partial charge on any atom is 0.324 e. The highest BCUT2D eigenvalue weighted by Gasteiger charge is 2.27. The normalized spacial score (nSPS) is 14.4. The summed E-state index contributed by atoms with van der Waals surface area (Å²) >= 11 is 0. The van der Waals surface area contributed by atoms with Crippen molar-refractivity contribution in [1.82, 2.24) is 10.3 Å². The van der Waals surface area contributed by atoms with Crippen LogP contribution in [-0.2, 0) is 11.3 Å². The maximum atomic E-state index is 12.1. The van der Waals surface area contributed by atoms with Crippen molar-refractivity contribution in [2.75, 3.05) is 18.5 Å². The summed E-state index contributed by atoms with van der Waals surface area (Å²) in [7, 11) is 1.74. The number of fused-ring (bicyclic) bond motifs is 1. The van der Waals surface area contributed by atoms with E-state index in [9.17, 15) is 9.59 Å². The third-order valence-corrected chi connectivity index (χ3v) is 2.97. The van der Waals surface area contributed by atoms with E-state index in [1.165, 1.54) is 0 Å². The first-order valence-electron chi connectivity index (χ1n) is 5.73. The Labute approximate surface area is 105 Å². The minimum atomic E-state index is -0.284. The van der Waals surface area contributed by atoms with Gasteiger partial charge in [-0.05, 0) is 11.6 Å². The molecular weight excluding hydrogens is 232 g/mol. The van der Waals surface area contributed by atoms with Gasteiger partial charge in [-0.2, -0.15) is 0 Å². The van der Waals surface area contributed by atoms with Crippen molar-refractivity contribution in [2.24, 2.45) is 5.84 Å². The molecule has 0 bridgehead atoms. The molecule has 3 N–H and O–H groups in total. The number of hydrogen-bond acceptors (Lipinski definition) is 3. The summed E-state index contributed by atoms with van der Waals surface area (Å²) in [5.41, 5.74) is 4.01. The zero-order valence-electron chi connectivity index (χ0n) is 10.2. The zero-order chi connectivity index (χ0) is 13.1. The van der Waals surface area contributed by atoms with Crippen molar-refractivity contribution < 1.29 is 9.59 Å². The van der Waals surface area contributed by atoms with Crippen LogP contribution in [0, 0.1) is 0 Å². The fourth-order valence-electron chi connectivity index (χ4n) is 2.04. The van der Waals surface area contributed by atoms with Gasteiger partial charge >= 0.3 is 6.03 Å². The third kappa shape index (κ3) is 2.28. The van der Waals surface area contributed by atoms with E-state index < -0.39 is 0 Å². The monoisotopic (exact) mass is 248 g/mol. The molecule has 0 saturated carbocycles. The van der Waals surface area contributed by atoms with Crippen LogP contribution in [-0.4, -0.2) is 30.4 Å². The average molecular weight is 248 g/mol. The first-order chi connectivity index (χ1) is 8.63. The molecule has 0 aromatic heterocycles. The third-order valence-electron chi connectivity index (χ3n) is 2.97. The van der Waals surface area contributed by atoms with Crippen LogP contribution in [0.25, 0.3) is 0 Å². The molecule has 0 unspecified atom stereocenters. The van der Waals surface area contributed by atoms with Gasteiger partial charge in [0.2, 0.25) is 5.91 Å².